The summed E-state index contributed by atoms with van der Waals surface area (Å²) < 4.78 is 5.27. The highest BCUT2D eigenvalue weighted by molar-refractivity contribution is 7.99. The highest BCUT2D eigenvalue weighted by Gasteiger charge is 2.14. The van der Waals surface area contributed by atoms with Crippen LogP contribution in [0.5, 0.6) is 5.75 Å². The van der Waals surface area contributed by atoms with Gasteiger partial charge in [0.05, 0.1) is 7.11 Å². The van der Waals surface area contributed by atoms with Crippen molar-refractivity contribution in [3.05, 3.63) is 12.2 Å². The second kappa shape index (κ2) is 5.00. The molecular formula is C9H12N6OS. The molecule has 2 aromatic rings. The summed E-state index contributed by atoms with van der Waals surface area (Å²) in [6.07, 6.45) is 1.47. The summed E-state index contributed by atoms with van der Waals surface area (Å²) in [5, 5.41) is 11.0. The molecule has 0 bridgehead atoms. The van der Waals surface area contributed by atoms with E-state index in [2.05, 4.69) is 30.5 Å². The van der Waals surface area contributed by atoms with Crippen molar-refractivity contribution < 1.29 is 4.74 Å². The maximum atomic E-state index is 5.27. The van der Waals surface area contributed by atoms with Gasteiger partial charge in [0.25, 0.3) is 0 Å². The van der Waals surface area contributed by atoms with Gasteiger partial charge in [0, 0.05) is 7.05 Å². The quantitative estimate of drug-likeness (QED) is 0.788. The van der Waals surface area contributed by atoms with Crippen LogP contribution in [0, 0.1) is 6.92 Å². The van der Waals surface area contributed by atoms with Crippen molar-refractivity contribution in [2.45, 2.75) is 17.1 Å². The Morgan fingerprint density at radius 2 is 2.24 bits per heavy atom. The van der Waals surface area contributed by atoms with Crippen LogP contribution in [0.3, 0.4) is 0 Å². The van der Waals surface area contributed by atoms with Gasteiger partial charge in [-0.2, -0.15) is 0 Å². The highest BCUT2D eigenvalue weighted by Crippen LogP contribution is 2.34. The van der Waals surface area contributed by atoms with Crippen molar-refractivity contribution in [2.75, 3.05) is 19.5 Å². The van der Waals surface area contributed by atoms with Crippen molar-refractivity contribution in [1.82, 2.24) is 25.1 Å². The van der Waals surface area contributed by atoms with Crippen LogP contribution in [-0.2, 0) is 0 Å². The molecule has 2 N–H and O–H groups in total. The van der Waals surface area contributed by atoms with E-state index in [-0.39, 0.29) is 0 Å². The number of nitrogens with one attached hydrogen (secondary N) is 2. The Bertz CT molecular complexity index is 514. The number of H-pyrrole nitrogens is 1. The van der Waals surface area contributed by atoms with Gasteiger partial charge >= 0.3 is 0 Å². The number of hydrogen-bond acceptors (Lipinski definition) is 7. The third-order valence-corrected chi connectivity index (χ3v) is 2.83. The lowest BCUT2D eigenvalue weighted by atomic mass is 10.5. The average molecular weight is 252 g/mol. The molecule has 0 atom stereocenters. The molecule has 90 valence electrons. The zero-order valence-electron chi connectivity index (χ0n) is 9.68. The molecule has 0 spiro atoms. The van der Waals surface area contributed by atoms with Gasteiger partial charge in [-0.15, -0.1) is 5.10 Å². The van der Waals surface area contributed by atoms with Gasteiger partial charge in [0.2, 0.25) is 5.16 Å². The molecule has 2 rings (SSSR count). The molecule has 0 unspecified atom stereocenters. The van der Waals surface area contributed by atoms with E-state index in [0.717, 1.165) is 5.82 Å². The molecule has 0 radical (unpaired) electrons. The fraction of sp³-hybridized carbons (Fsp3) is 0.333. The third kappa shape index (κ3) is 2.47. The van der Waals surface area contributed by atoms with Crippen LogP contribution >= 0.6 is 11.8 Å². The molecule has 2 heterocycles. The lowest BCUT2D eigenvalue weighted by Gasteiger charge is -2.08. The lowest BCUT2D eigenvalue weighted by Crippen LogP contribution is -1.99. The minimum absolute atomic E-state index is 0.586. The van der Waals surface area contributed by atoms with E-state index in [0.29, 0.717) is 21.7 Å². The van der Waals surface area contributed by atoms with Gasteiger partial charge in [0.1, 0.15) is 12.2 Å². The predicted molar refractivity (Wildman–Crippen MR) is 63.4 cm³/mol. The maximum absolute atomic E-state index is 5.27. The Balaban J connectivity index is 2.32. The molecule has 17 heavy (non-hydrogen) atoms. The van der Waals surface area contributed by atoms with Gasteiger partial charge in [-0.1, -0.05) is 0 Å². The molecule has 0 aliphatic carbocycles. The summed E-state index contributed by atoms with van der Waals surface area (Å²) in [6.45, 7) is 1.84. The second-order valence-corrected chi connectivity index (χ2v) is 4.07. The Labute approximate surface area is 102 Å². The molecule has 0 fully saturated rings. The Morgan fingerprint density at radius 1 is 1.41 bits per heavy atom. The molecule has 0 aliphatic rings. The normalized spacial score (nSPS) is 10.3. The summed E-state index contributed by atoms with van der Waals surface area (Å²) in [5.74, 6) is 1.98. The SMILES string of the molecule is CNc1ncnc(Sc2n[nH]c(C)n2)c1OC. The molecule has 0 amide bonds. The Morgan fingerprint density at radius 3 is 2.82 bits per heavy atom. The number of aromatic amines is 1. The van der Waals surface area contributed by atoms with E-state index < -0.39 is 0 Å². The van der Waals surface area contributed by atoms with Crippen LogP contribution in [-0.4, -0.2) is 39.3 Å². The molecule has 0 aromatic carbocycles. The van der Waals surface area contributed by atoms with Crippen LogP contribution < -0.4 is 10.1 Å². The summed E-state index contributed by atoms with van der Waals surface area (Å²) in [5.41, 5.74) is 0. The van der Waals surface area contributed by atoms with Gasteiger partial charge in [0.15, 0.2) is 16.6 Å². The van der Waals surface area contributed by atoms with E-state index in [1.165, 1.54) is 18.1 Å². The van der Waals surface area contributed by atoms with E-state index >= 15 is 0 Å². The van der Waals surface area contributed by atoms with Crippen molar-refractivity contribution in [3.63, 3.8) is 0 Å². The van der Waals surface area contributed by atoms with E-state index in [1.807, 2.05) is 6.92 Å². The number of aromatic nitrogens is 5. The van der Waals surface area contributed by atoms with Crippen molar-refractivity contribution in [2.24, 2.45) is 0 Å². The number of nitrogens with zero attached hydrogens (tertiary/aromatic N) is 4. The van der Waals surface area contributed by atoms with Crippen LogP contribution in [0.4, 0.5) is 5.82 Å². The molecule has 0 saturated carbocycles. The van der Waals surface area contributed by atoms with E-state index in [4.69, 9.17) is 4.74 Å². The average Bonchev–Trinajstić information content (AvgIpc) is 2.74. The topological polar surface area (TPSA) is 88.6 Å². The van der Waals surface area contributed by atoms with E-state index in [9.17, 15) is 0 Å². The first-order chi connectivity index (χ1) is 8.24. The minimum Gasteiger partial charge on any atom is -0.490 e. The molecule has 7 nitrogen and oxygen atoms in total. The molecule has 0 aliphatic heterocycles. The number of rotatable bonds is 4. The van der Waals surface area contributed by atoms with Gasteiger partial charge < -0.3 is 10.1 Å². The summed E-state index contributed by atoms with van der Waals surface area (Å²) in [6, 6.07) is 0. The lowest BCUT2D eigenvalue weighted by molar-refractivity contribution is 0.400. The van der Waals surface area contributed by atoms with Crippen LogP contribution in [0.15, 0.2) is 16.5 Å². The van der Waals surface area contributed by atoms with Crippen LogP contribution in [0.25, 0.3) is 0 Å². The molecular weight excluding hydrogens is 240 g/mol. The van der Waals surface area contributed by atoms with Crippen molar-refractivity contribution in [3.8, 4) is 5.75 Å². The van der Waals surface area contributed by atoms with Gasteiger partial charge in [-0.25, -0.2) is 15.0 Å². The molecule has 2 aromatic heterocycles. The van der Waals surface area contributed by atoms with Gasteiger partial charge in [-0.05, 0) is 18.7 Å². The first kappa shape index (κ1) is 11.6. The smallest absolute Gasteiger partial charge is 0.214 e. The number of anilines is 1. The zero-order chi connectivity index (χ0) is 12.3. The largest absolute Gasteiger partial charge is 0.490 e. The van der Waals surface area contributed by atoms with Crippen LogP contribution in [0.1, 0.15) is 5.82 Å². The highest BCUT2D eigenvalue weighted by atomic mass is 32.2. The maximum Gasteiger partial charge on any atom is 0.214 e. The number of hydrogen-bond donors (Lipinski definition) is 2. The zero-order valence-corrected chi connectivity index (χ0v) is 10.5. The predicted octanol–water partition coefficient (Wildman–Crippen LogP) is 1.10. The van der Waals surface area contributed by atoms with Crippen molar-refractivity contribution in [1.29, 1.82) is 0 Å². The molecule has 0 saturated heterocycles. The number of methoxy groups -OCH3 is 1. The summed E-state index contributed by atoms with van der Waals surface area (Å²) in [4.78, 5) is 12.4. The summed E-state index contributed by atoms with van der Waals surface area (Å²) >= 11 is 1.32. The molecule has 8 heteroatoms. The number of aryl methyl sites for hydroxylation is 1. The monoisotopic (exact) mass is 252 g/mol. The number of ether oxygens (including phenoxy) is 1. The minimum atomic E-state index is 0.586. The fourth-order valence-electron chi connectivity index (χ4n) is 1.25. The first-order valence-corrected chi connectivity index (χ1v) is 5.70. The second-order valence-electron chi connectivity index (χ2n) is 3.12. The Hall–Kier alpha value is -1.83. The third-order valence-electron chi connectivity index (χ3n) is 1.98. The van der Waals surface area contributed by atoms with Gasteiger partial charge in [-0.3, -0.25) is 5.10 Å². The Kier molecular flexibility index (Phi) is 3.43. The van der Waals surface area contributed by atoms with Crippen LogP contribution in [0.2, 0.25) is 0 Å². The standard InChI is InChI=1S/C9H12N6OS/c1-5-13-9(15-14-5)17-8-6(16-3)7(10-2)11-4-12-8/h4H,1-3H3,(H,10,11,12)(H,13,14,15). The summed E-state index contributed by atoms with van der Waals surface area (Å²) in [7, 11) is 3.35. The first-order valence-electron chi connectivity index (χ1n) is 4.88. The van der Waals surface area contributed by atoms with E-state index in [1.54, 1.807) is 14.2 Å². The fourth-order valence-corrected chi connectivity index (χ4v) is 2.07. The van der Waals surface area contributed by atoms with Crippen molar-refractivity contribution >= 4 is 17.6 Å².